The van der Waals surface area contributed by atoms with E-state index in [0.717, 1.165) is 22.4 Å². The smallest absolute Gasteiger partial charge is 0.338 e. The van der Waals surface area contributed by atoms with E-state index in [1.165, 1.54) is 0 Å². The number of rotatable bonds is 3. The Kier molecular flexibility index (Phi) is 3.95. The van der Waals surface area contributed by atoms with Gasteiger partial charge in [-0.3, -0.25) is 4.98 Å². The number of carbonyl (C=O) groups excluding carboxylic acids is 1. The highest BCUT2D eigenvalue weighted by molar-refractivity contribution is 5.91. The third-order valence-electron chi connectivity index (χ3n) is 2.80. The number of pyridine rings is 1. The lowest BCUT2D eigenvalue weighted by atomic mass is 10.0. The van der Waals surface area contributed by atoms with Gasteiger partial charge in [-0.2, -0.15) is 0 Å². The van der Waals surface area contributed by atoms with Crippen molar-refractivity contribution in [1.82, 2.24) is 4.98 Å². The van der Waals surface area contributed by atoms with Crippen molar-refractivity contribution in [1.29, 1.82) is 0 Å². The monoisotopic (exact) mass is 255 g/mol. The molecule has 1 aromatic heterocycles. The van der Waals surface area contributed by atoms with Crippen molar-refractivity contribution in [3.8, 4) is 11.3 Å². The van der Waals surface area contributed by atoms with E-state index in [2.05, 4.69) is 4.98 Å². The quantitative estimate of drug-likeness (QED) is 0.787. The highest BCUT2D eigenvalue weighted by Crippen LogP contribution is 2.21. The summed E-state index contributed by atoms with van der Waals surface area (Å²) in [5.74, 6) is -0.292. The molecule has 1 heterocycles. The molecule has 0 atom stereocenters. The van der Waals surface area contributed by atoms with Crippen LogP contribution in [0.25, 0.3) is 11.3 Å². The molecule has 98 valence electrons. The molecule has 0 bridgehead atoms. The van der Waals surface area contributed by atoms with Crippen LogP contribution in [0.5, 0.6) is 0 Å². The summed E-state index contributed by atoms with van der Waals surface area (Å²) in [6, 6.07) is 9.63. The Morgan fingerprint density at radius 2 is 1.95 bits per heavy atom. The number of aromatic nitrogens is 1. The number of aryl methyl sites for hydroxylation is 2. The van der Waals surface area contributed by atoms with Crippen molar-refractivity contribution in [2.24, 2.45) is 0 Å². The van der Waals surface area contributed by atoms with Gasteiger partial charge in [0.1, 0.15) is 0 Å². The minimum absolute atomic E-state index is 0.292. The van der Waals surface area contributed by atoms with E-state index in [1.54, 1.807) is 6.92 Å². The first kappa shape index (κ1) is 13.3. The van der Waals surface area contributed by atoms with Crippen LogP contribution < -0.4 is 0 Å². The van der Waals surface area contributed by atoms with Gasteiger partial charge < -0.3 is 4.74 Å². The Balaban J connectivity index is 2.41. The fourth-order valence-corrected chi connectivity index (χ4v) is 1.90. The van der Waals surface area contributed by atoms with Crippen molar-refractivity contribution in [2.45, 2.75) is 20.8 Å². The molecular formula is C16H17NO2. The Morgan fingerprint density at radius 1 is 1.16 bits per heavy atom. The predicted molar refractivity (Wildman–Crippen MR) is 75.1 cm³/mol. The van der Waals surface area contributed by atoms with Crippen LogP contribution in [-0.2, 0) is 4.74 Å². The summed E-state index contributed by atoms with van der Waals surface area (Å²) < 4.78 is 5.03. The van der Waals surface area contributed by atoms with Crippen molar-refractivity contribution in [2.75, 3.05) is 6.61 Å². The SMILES string of the molecule is CCOC(=O)c1cc(C)cc(-c2ccc(C)cn2)c1. The lowest BCUT2D eigenvalue weighted by Gasteiger charge is -2.07. The Hall–Kier alpha value is -2.16. The van der Waals surface area contributed by atoms with Crippen LogP contribution in [0.15, 0.2) is 36.5 Å². The zero-order chi connectivity index (χ0) is 13.8. The van der Waals surface area contributed by atoms with Gasteiger partial charge in [-0.05, 0) is 56.2 Å². The fourth-order valence-electron chi connectivity index (χ4n) is 1.90. The first-order valence-electron chi connectivity index (χ1n) is 6.32. The molecule has 0 N–H and O–H groups in total. The van der Waals surface area contributed by atoms with Gasteiger partial charge >= 0.3 is 5.97 Å². The average Bonchev–Trinajstić information content (AvgIpc) is 2.39. The summed E-state index contributed by atoms with van der Waals surface area (Å²) in [5.41, 5.74) is 4.49. The third-order valence-corrected chi connectivity index (χ3v) is 2.80. The zero-order valence-corrected chi connectivity index (χ0v) is 11.4. The lowest BCUT2D eigenvalue weighted by Crippen LogP contribution is -2.05. The summed E-state index contributed by atoms with van der Waals surface area (Å²) in [5, 5.41) is 0. The van der Waals surface area contributed by atoms with Gasteiger partial charge in [0, 0.05) is 11.8 Å². The van der Waals surface area contributed by atoms with Crippen LogP contribution in [0.3, 0.4) is 0 Å². The maximum atomic E-state index is 11.8. The molecule has 0 amide bonds. The topological polar surface area (TPSA) is 39.2 Å². The zero-order valence-electron chi connectivity index (χ0n) is 11.4. The normalized spacial score (nSPS) is 10.3. The molecule has 0 fully saturated rings. The number of benzene rings is 1. The van der Waals surface area contributed by atoms with E-state index < -0.39 is 0 Å². The van der Waals surface area contributed by atoms with Gasteiger partial charge in [-0.1, -0.05) is 6.07 Å². The van der Waals surface area contributed by atoms with E-state index >= 15 is 0 Å². The predicted octanol–water partition coefficient (Wildman–Crippen LogP) is 3.54. The van der Waals surface area contributed by atoms with Crippen LogP contribution in [0, 0.1) is 13.8 Å². The van der Waals surface area contributed by atoms with Gasteiger partial charge in [0.15, 0.2) is 0 Å². The van der Waals surface area contributed by atoms with Gasteiger partial charge in [0.2, 0.25) is 0 Å². The van der Waals surface area contributed by atoms with Crippen LogP contribution in [0.2, 0.25) is 0 Å². The molecule has 0 spiro atoms. The van der Waals surface area contributed by atoms with Gasteiger partial charge in [-0.15, -0.1) is 0 Å². The number of ether oxygens (including phenoxy) is 1. The Morgan fingerprint density at radius 3 is 2.58 bits per heavy atom. The Labute approximate surface area is 113 Å². The summed E-state index contributed by atoms with van der Waals surface area (Å²) >= 11 is 0. The first-order valence-corrected chi connectivity index (χ1v) is 6.32. The second-order valence-corrected chi connectivity index (χ2v) is 4.53. The van der Waals surface area contributed by atoms with Crippen molar-refractivity contribution in [3.63, 3.8) is 0 Å². The van der Waals surface area contributed by atoms with Crippen LogP contribution in [0.1, 0.15) is 28.4 Å². The van der Waals surface area contributed by atoms with Crippen molar-refractivity contribution < 1.29 is 9.53 Å². The molecule has 0 aliphatic rings. The van der Waals surface area contributed by atoms with Gasteiger partial charge in [0.25, 0.3) is 0 Å². The molecule has 0 radical (unpaired) electrons. The molecule has 19 heavy (non-hydrogen) atoms. The molecule has 2 aromatic rings. The summed E-state index contributed by atoms with van der Waals surface area (Å²) in [6.45, 7) is 6.14. The standard InChI is InChI=1S/C16H17NO2/c1-4-19-16(18)14-8-12(3)7-13(9-14)15-6-5-11(2)10-17-15/h5-10H,4H2,1-3H3. The van der Waals surface area contributed by atoms with E-state index in [0.29, 0.717) is 12.2 Å². The minimum Gasteiger partial charge on any atom is -0.462 e. The van der Waals surface area contributed by atoms with E-state index in [-0.39, 0.29) is 5.97 Å². The number of hydrogen-bond donors (Lipinski definition) is 0. The summed E-state index contributed by atoms with van der Waals surface area (Å²) in [7, 11) is 0. The van der Waals surface area contributed by atoms with E-state index in [9.17, 15) is 4.79 Å². The molecule has 0 saturated carbocycles. The number of carbonyl (C=O) groups is 1. The van der Waals surface area contributed by atoms with Gasteiger partial charge in [0.05, 0.1) is 17.9 Å². The number of hydrogen-bond acceptors (Lipinski definition) is 3. The lowest BCUT2D eigenvalue weighted by molar-refractivity contribution is 0.0526. The molecule has 0 aliphatic carbocycles. The highest BCUT2D eigenvalue weighted by Gasteiger charge is 2.09. The molecular weight excluding hydrogens is 238 g/mol. The van der Waals surface area contributed by atoms with E-state index in [1.807, 2.05) is 50.4 Å². The Bertz CT molecular complexity index is 588. The molecule has 3 heteroatoms. The molecule has 0 saturated heterocycles. The van der Waals surface area contributed by atoms with E-state index in [4.69, 9.17) is 4.74 Å². The second kappa shape index (κ2) is 5.65. The molecule has 1 aromatic carbocycles. The average molecular weight is 255 g/mol. The molecule has 2 rings (SSSR count). The summed E-state index contributed by atoms with van der Waals surface area (Å²) in [4.78, 5) is 16.2. The molecule has 0 unspecified atom stereocenters. The summed E-state index contributed by atoms with van der Waals surface area (Å²) in [6.07, 6.45) is 1.82. The molecule has 3 nitrogen and oxygen atoms in total. The number of nitrogens with zero attached hydrogens (tertiary/aromatic N) is 1. The first-order chi connectivity index (χ1) is 9.10. The maximum absolute atomic E-state index is 11.8. The van der Waals surface area contributed by atoms with Crippen LogP contribution in [0.4, 0.5) is 0 Å². The highest BCUT2D eigenvalue weighted by atomic mass is 16.5. The number of esters is 1. The van der Waals surface area contributed by atoms with Crippen molar-refractivity contribution in [3.05, 3.63) is 53.2 Å². The minimum atomic E-state index is -0.292. The molecule has 0 aliphatic heterocycles. The van der Waals surface area contributed by atoms with Crippen LogP contribution >= 0.6 is 0 Å². The third kappa shape index (κ3) is 3.19. The maximum Gasteiger partial charge on any atom is 0.338 e. The van der Waals surface area contributed by atoms with Gasteiger partial charge in [-0.25, -0.2) is 4.79 Å². The fraction of sp³-hybridized carbons (Fsp3) is 0.250. The van der Waals surface area contributed by atoms with Crippen molar-refractivity contribution >= 4 is 5.97 Å². The van der Waals surface area contributed by atoms with Crippen LogP contribution in [-0.4, -0.2) is 17.6 Å². The largest absolute Gasteiger partial charge is 0.462 e. The second-order valence-electron chi connectivity index (χ2n) is 4.53.